The summed E-state index contributed by atoms with van der Waals surface area (Å²) in [6, 6.07) is 17.2. The topological polar surface area (TPSA) is 49.9 Å². The normalized spacial score (nSPS) is 15.0. The first kappa shape index (κ1) is 24.5. The van der Waals surface area contributed by atoms with Gasteiger partial charge in [0, 0.05) is 28.0 Å². The third-order valence-corrected chi connectivity index (χ3v) is 7.51. The van der Waals surface area contributed by atoms with E-state index in [2.05, 4.69) is 27.4 Å². The third-order valence-electron chi connectivity index (χ3n) is 6.02. The van der Waals surface area contributed by atoms with Gasteiger partial charge in [-0.25, -0.2) is 0 Å². The maximum atomic E-state index is 13.6. The van der Waals surface area contributed by atoms with E-state index in [0.29, 0.717) is 25.3 Å². The average Bonchev–Trinajstić information content (AvgIpc) is 3.32. The molecule has 4 rings (SSSR count). The molecule has 0 spiro atoms. The van der Waals surface area contributed by atoms with Crippen molar-refractivity contribution in [2.75, 3.05) is 26.2 Å². The molecule has 3 aromatic rings. The molecule has 5 nitrogen and oxygen atoms in total. The van der Waals surface area contributed by atoms with Crippen LogP contribution in [0.3, 0.4) is 0 Å². The standard InChI is InChI=1S/C27H29BrN2O3S/c1-3-13-29(27(32)20-5-4-6-21(28)16-20)17-26(31)30-14-11-25-23(12-15-34-25)24(30)18-33-22-9-7-19(2)8-10-22/h4-10,12,15-16,24H,3,11,13-14,17-18H2,1-2H3/t24-/m1/s1. The van der Waals surface area contributed by atoms with Crippen LogP contribution in [0.2, 0.25) is 0 Å². The second kappa shape index (κ2) is 11.2. The number of nitrogens with zero attached hydrogens (tertiary/aromatic N) is 2. The highest BCUT2D eigenvalue weighted by atomic mass is 79.9. The fourth-order valence-electron chi connectivity index (χ4n) is 4.26. The molecule has 2 amide bonds. The van der Waals surface area contributed by atoms with Crippen molar-refractivity contribution in [2.45, 2.75) is 32.7 Å². The van der Waals surface area contributed by atoms with Gasteiger partial charge < -0.3 is 14.5 Å². The molecule has 1 atom stereocenters. The Kier molecular flexibility index (Phi) is 8.06. The highest BCUT2D eigenvalue weighted by Gasteiger charge is 2.33. The number of amides is 2. The van der Waals surface area contributed by atoms with Crippen LogP contribution in [0.1, 0.15) is 45.7 Å². The summed E-state index contributed by atoms with van der Waals surface area (Å²) in [7, 11) is 0. The first-order valence-electron chi connectivity index (χ1n) is 11.6. The van der Waals surface area contributed by atoms with Crippen LogP contribution >= 0.6 is 27.3 Å². The second-order valence-electron chi connectivity index (χ2n) is 8.51. The van der Waals surface area contributed by atoms with Crippen LogP contribution in [-0.2, 0) is 11.2 Å². The molecule has 0 saturated heterocycles. The van der Waals surface area contributed by atoms with Gasteiger partial charge in [0.15, 0.2) is 0 Å². The predicted molar refractivity (Wildman–Crippen MR) is 139 cm³/mol. The first-order valence-corrected chi connectivity index (χ1v) is 13.2. The van der Waals surface area contributed by atoms with E-state index < -0.39 is 0 Å². The smallest absolute Gasteiger partial charge is 0.254 e. The van der Waals surface area contributed by atoms with Crippen LogP contribution in [-0.4, -0.2) is 47.9 Å². The van der Waals surface area contributed by atoms with E-state index in [1.165, 1.54) is 10.4 Å². The van der Waals surface area contributed by atoms with Crippen LogP contribution in [0, 0.1) is 6.92 Å². The van der Waals surface area contributed by atoms with E-state index in [1.54, 1.807) is 28.4 Å². The Labute approximate surface area is 213 Å². The highest BCUT2D eigenvalue weighted by molar-refractivity contribution is 9.10. The fourth-order valence-corrected chi connectivity index (χ4v) is 5.59. The van der Waals surface area contributed by atoms with Gasteiger partial charge in [0.2, 0.25) is 5.91 Å². The predicted octanol–water partition coefficient (Wildman–Crippen LogP) is 5.88. The number of hydrogen-bond donors (Lipinski definition) is 0. The monoisotopic (exact) mass is 540 g/mol. The number of aryl methyl sites for hydroxylation is 1. The summed E-state index contributed by atoms with van der Waals surface area (Å²) in [4.78, 5) is 31.6. The third kappa shape index (κ3) is 5.70. The van der Waals surface area contributed by atoms with Crippen molar-refractivity contribution in [3.63, 3.8) is 0 Å². The first-order chi connectivity index (χ1) is 16.5. The summed E-state index contributed by atoms with van der Waals surface area (Å²) in [5, 5.41) is 2.08. The number of carbonyl (C=O) groups is 2. The van der Waals surface area contributed by atoms with E-state index in [0.717, 1.165) is 28.6 Å². The summed E-state index contributed by atoms with van der Waals surface area (Å²) in [5.41, 5.74) is 2.90. The van der Waals surface area contributed by atoms with Gasteiger partial charge >= 0.3 is 0 Å². The van der Waals surface area contributed by atoms with Gasteiger partial charge in [0.25, 0.3) is 5.91 Å². The maximum absolute atomic E-state index is 13.6. The lowest BCUT2D eigenvalue weighted by Crippen LogP contribution is -2.48. The molecule has 2 heterocycles. The van der Waals surface area contributed by atoms with Crippen molar-refractivity contribution < 1.29 is 14.3 Å². The molecule has 0 fully saturated rings. The highest BCUT2D eigenvalue weighted by Crippen LogP contribution is 2.34. The van der Waals surface area contributed by atoms with Gasteiger partial charge in [-0.05, 0) is 67.1 Å². The molecule has 0 saturated carbocycles. The van der Waals surface area contributed by atoms with Crippen LogP contribution in [0.25, 0.3) is 0 Å². The van der Waals surface area contributed by atoms with E-state index in [4.69, 9.17) is 4.74 Å². The van der Waals surface area contributed by atoms with Crippen molar-refractivity contribution in [1.29, 1.82) is 0 Å². The van der Waals surface area contributed by atoms with Gasteiger partial charge in [-0.2, -0.15) is 0 Å². The van der Waals surface area contributed by atoms with E-state index in [-0.39, 0.29) is 24.4 Å². The molecular formula is C27H29BrN2O3S. The molecule has 0 aliphatic carbocycles. The van der Waals surface area contributed by atoms with Crippen LogP contribution in [0.4, 0.5) is 0 Å². The van der Waals surface area contributed by atoms with Crippen LogP contribution < -0.4 is 4.74 Å². The summed E-state index contributed by atoms with van der Waals surface area (Å²) in [5.74, 6) is 0.612. The summed E-state index contributed by atoms with van der Waals surface area (Å²) >= 11 is 5.16. The molecule has 1 aliphatic heterocycles. The van der Waals surface area contributed by atoms with Gasteiger partial charge in [-0.3, -0.25) is 9.59 Å². The summed E-state index contributed by atoms with van der Waals surface area (Å²) < 4.78 is 6.96. The molecule has 2 aromatic carbocycles. The van der Waals surface area contributed by atoms with Crippen LogP contribution in [0.5, 0.6) is 5.75 Å². The number of fused-ring (bicyclic) bond motifs is 1. The van der Waals surface area contributed by atoms with Crippen molar-refractivity contribution in [3.8, 4) is 5.75 Å². The van der Waals surface area contributed by atoms with E-state index in [9.17, 15) is 9.59 Å². The van der Waals surface area contributed by atoms with Gasteiger partial charge in [-0.1, -0.05) is 46.6 Å². The number of thiophene rings is 1. The molecule has 0 N–H and O–H groups in total. The lowest BCUT2D eigenvalue weighted by Gasteiger charge is -2.37. The summed E-state index contributed by atoms with van der Waals surface area (Å²) in [6.45, 7) is 5.65. The van der Waals surface area contributed by atoms with E-state index >= 15 is 0 Å². The fraction of sp³-hybridized carbons (Fsp3) is 0.333. The number of halogens is 1. The SMILES string of the molecule is CCCN(CC(=O)N1CCc2sccc2[C@H]1COc1ccc(C)cc1)C(=O)c1cccc(Br)c1. The second-order valence-corrected chi connectivity index (χ2v) is 10.4. The molecule has 1 aliphatic rings. The van der Waals surface area contributed by atoms with Crippen LogP contribution in [0.15, 0.2) is 64.5 Å². The lowest BCUT2D eigenvalue weighted by atomic mass is 10.0. The zero-order chi connectivity index (χ0) is 24.1. The summed E-state index contributed by atoms with van der Waals surface area (Å²) in [6.07, 6.45) is 1.61. The molecule has 0 unspecified atom stereocenters. The molecule has 178 valence electrons. The minimum atomic E-state index is -0.173. The van der Waals surface area contributed by atoms with Gasteiger partial charge in [0.05, 0.1) is 6.04 Å². The molecule has 34 heavy (non-hydrogen) atoms. The Morgan fingerprint density at radius 2 is 1.97 bits per heavy atom. The molecule has 1 aromatic heterocycles. The minimum Gasteiger partial charge on any atom is -0.491 e. The Balaban J connectivity index is 1.51. The van der Waals surface area contributed by atoms with Crippen molar-refractivity contribution >= 4 is 39.1 Å². The average molecular weight is 542 g/mol. The Morgan fingerprint density at radius 1 is 1.18 bits per heavy atom. The molecule has 7 heteroatoms. The number of ether oxygens (including phenoxy) is 1. The van der Waals surface area contributed by atoms with E-state index in [1.807, 2.05) is 55.1 Å². The zero-order valence-corrected chi connectivity index (χ0v) is 21.9. The Bertz CT molecular complexity index is 1140. The number of rotatable bonds is 8. The molecule has 0 radical (unpaired) electrons. The Hall–Kier alpha value is -2.64. The van der Waals surface area contributed by atoms with Crippen molar-refractivity contribution in [1.82, 2.24) is 9.80 Å². The Morgan fingerprint density at radius 3 is 2.71 bits per heavy atom. The largest absolute Gasteiger partial charge is 0.491 e. The molecule has 0 bridgehead atoms. The zero-order valence-electron chi connectivity index (χ0n) is 19.5. The van der Waals surface area contributed by atoms with Gasteiger partial charge in [0.1, 0.15) is 18.9 Å². The van der Waals surface area contributed by atoms with Gasteiger partial charge in [-0.15, -0.1) is 11.3 Å². The minimum absolute atomic E-state index is 0.0499. The molecular weight excluding hydrogens is 512 g/mol. The number of hydrogen-bond acceptors (Lipinski definition) is 4. The number of carbonyl (C=O) groups excluding carboxylic acids is 2. The number of benzene rings is 2. The van der Waals surface area contributed by atoms with Crippen molar-refractivity contribution in [3.05, 3.63) is 86.0 Å². The van der Waals surface area contributed by atoms with Crippen molar-refractivity contribution in [2.24, 2.45) is 0 Å². The maximum Gasteiger partial charge on any atom is 0.254 e. The lowest BCUT2D eigenvalue weighted by molar-refractivity contribution is -0.135. The quantitative estimate of drug-likeness (QED) is 0.358.